The van der Waals surface area contributed by atoms with Crippen molar-refractivity contribution in [2.24, 2.45) is 0 Å². The van der Waals surface area contributed by atoms with Crippen LogP contribution in [0, 0.1) is 0 Å². The Kier molecular flexibility index (Phi) is 6.53. The van der Waals surface area contributed by atoms with Crippen LogP contribution in [0.25, 0.3) is 11.0 Å². The highest BCUT2D eigenvalue weighted by Crippen LogP contribution is 2.21. The zero-order valence-electron chi connectivity index (χ0n) is 16.1. The summed E-state index contributed by atoms with van der Waals surface area (Å²) in [6.07, 6.45) is 0. The third-order valence-electron chi connectivity index (χ3n) is 5.19. The van der Waals surface area contributed by atoms with E-state index in [0.717, 1.165) is 50.7 Å². The number of para-hydroxylation sites is 2. The van der Waals surface area contributed by atoms with Gasteiger partial charge in [-0.3, -0.25) is 4.90 Å². The van der Waals surface area contributed by atoms with E-state index in [9.17, 15) is 0 Å². The summed E-state index contributed by atoms with van der Waals surface area (Å²) in [5.74, 6) is 1.70. The lowest BCUT2D eigenvalue weighted by Crippen LogP contribution is -2.36. The van der Waals surface area contributed by atoms with Gasteiger partial charge in [-0.1, -0.05) is 50.2 Å². The van der Waals surface area contributed by atoms with Crippen LogP contribution in [-0.4, -0.2) is 40.8 Å². The molecule has 0 spiro atoms. The maximum Gasteiger partial charge on any atom is 0.124 e. The first kappa shape index (κ1) is 19.9. The number of imidazole rings is 1. The van der Waals surface area contributed by atoms with Crippen LogP contribution in [0.4, 0.5) is 0 Å². The van der Waals surface area contributed by atoms with E-state index in [1.807, 2.05) is 0 Å². The van der Waals surface area contributed by atoms with Gasteiger partial charge in [-0.2, -0.15) is 0 Å². The van der Waals surface area contributed by atoms with Crippen molar-refractivity contribution in [2.75, 3.05) is 26.3 Å². The Morgan fingerprint density at radius 3 is 2.37 bits per heavy atom. The molecule has 0 unspecified atom stereocenters. The van der Waals surface area contributed by atoms with Crippen LogP contribution < -0.4 is 0 Å². The number of hydrogen-bond donors (Lipinski definition) is 0. The lowest BCUT2D eigenvalue weighted by atomic mass is 10.0. The molecule has 5 heteroatoms. The van der Waals surface area contributed by atoms with Gasteiger partial charge in [0.05, 0.1) is 30.8 Å². The van der Waals surface area contributed by atoms with E-state index >= 15 is 0 Å². The van der Waals surface area contributed by atoms with Crippen molar-refractivity contribution in [1.82, 2.24) is 14.5 Å². The van der Waals surface area contributed by atoms with Crippen LogP contribution in [-0.2, 0) is 17.8 Å². The van der Waals surface area contributed by atoms with Gasteiger partial charge >= 0.3 is 0 Å². The highest BCUT2D eigenvalue weighted by Gasteiger charge is 2.16. The van der Waals surface area contributed by atoms with Crippen LogP contribution in [0.1, 0.15) is 36.7 Å². The topological polar surface area (TPSA) is 30.3 Å². The van der Waals surface area contributed by atoms with Crippen molar-refractivity contribution < 1.29 is 4.74 Å². The first-order valence-corrected chi connectivity index (χ1v) is 9.54. The predicted molar refractivity (Wildman–Crippen MR) is 113 cm³/mol. The smallest absolute Gasteiger partial charge is 0.124 e. The molecule has 0 atom stereocenters. The Balaban J connectivity index is 0.00000210. The van der Waals surface area contributed by atoms with E-state index in [-0.39, 0.29) is 12.4 Å². The fraction of sp³-hybridized carbons (Fsp3) is 0.409. The molecular weight excluding hydrogens is 358 g/mol. The molecule has 1 aliphatic heterocycles. The van der Waals surface area contributed by atoms with E-state index in [0.29, 0.717) is 5.92 Å². The lowest BCUT2D eigenvalue weighted by molar-refractivity contribution is 0.0327. The van der Waals surface area contributed by atoms with Gasteiger partial charge in [-0.25, -0.2) is 4.98 Å². The molecular formula is C22H28ClN3O. The van der Waals surface area contributed by atoms with Gasteiger partial charge in [0.25, 0.3) is 0 Å². The molecule has 144 valence electrons. The number of fused-ring (bicyclic) bond motifs is 1. The van der Waals surface area contributed by atoms with Gasteiger partial charge in [0, 0.05) is 19.6 Å². The van der Waals surface area contributed by atoms with E-state index in [1.54, 1.807) is 0 Å². The minimum absolute atomic E-state index is 0. The second kappa shape index (κ2) is 8.87. The Hall–Kier alpha value is -1.88. The summed E-state index contributed by atoms with van der Waals surface area (Å²) < 4.78 is 7.85. The van der Waals surface area contributed by atoms with Gasteiger partial charge < -0.3 is 9.30 Å². The minimum Gasteiger partial charge on any atom is -0.379 e. The standard InChI is InChI=1S/C22H27N3O.ClH/c1-17(2)19-9-7-18(8-10-19)15-25-21-6-4-3-5-20(21)23-22(25)16-24-11-13-26-14-12-24;/h3-10,17H,11-16H2,1-2H3;1H. The van der Waals surface area contributed by atoms with Gasteiger partial charge in [-0.15, -0.1) is 12.4 Å². The second-order valence-corrected chi connectivity index (χ2v) is 7.39. The number of rotatable bonds is 5. The Labute approximate surface area is 167 Å². The predicted octanol–water partition coefficient (Wildman–Crippen LogP) is 4.46. The number of halogens is 1. The average molecular weight is 386 g/mol. The van der Waals surface area contributed by atoms with Crippen molar-refractivity contribution in [1.29, 1.82) is 0 Å². The summed E-state index contributed by atoms with van der Waals surface area (Å²) >= 11 is 0. The Morgan fingerprint density at radius 1 is 0.963 bits per heavy atom. The van der Waals surface area contributed by atoms with Crippen molar-refractivity contribution in [3.05, 3.63) is 65.5 Å². The molecule has 0 aliphatic carbocycles. The molecule has 1 fully saturated rings. The molecule has 4 nitrogen and oxygen atoms in total. The summed E-state index contributed by atoms with van der Waals surface area (Å²) in [5.41, 5.74) is 5.00. The maximum absolute atomic E-state index is 5.48. The zero-order valence-corrected chi connectivity index (χ0v) is 16.9. The number of ether oxygens (including phenoxy) is 1. The molecule has 3 aromatic rings. The average Bonchev–Trinajstić information content (AvgIpc) is 3.00. The summed E-state index contributed by atoms with van der Waals surface area (Å²) in [6, 6.07) is 17.5. The first-order valence-electron chi connectivity index (χ1n) is 9.54. The van der Waals surface area contributed by atoms with Crippen LogP contribution >= 0.6 is 12.4 Å². The highest BCUT2D eigenvalue weighted by atomic mass is 35.5. The molecule has 0 amide bonds. The summed E-state index contributed by atoms with van der Waals surface area (Å²) in [7, 11) is 0. The molecule has 0 saturated carbocycles. The molecule has 4 rings (SSSR count). The van der Waals surface area contributed by atoms with Gasteiger partial charge in [0.1, 0.15) is 5.82 Å². The van der Waals surface area contributed by atoms with Gasteiger partial charge in [0.2, 0.25) is 0 Å². The van der Waals surface area contributed by atoms with E-state index in [4.69, 9.17) is 9.72 Å². The molecule has 0 radical (unpaired) electrons. The monoisotopic (exact) mass is 385 g/mol. The normalized spacial score (nSPS) is 15.2. The molecule has 0 bridgehead atoms. The van der Waals surface area contributed by atoms with Gasteiger partial charge in [0.15, 0.2) is 0 Å². The number of hydrogen-bond acceptors (Lipinski definition) is 3. The molecule has 0 N–H and O–H groups in total. The van der Waals surface area contributed by atoms with Gasteiger partial charge in [-0.05, 0) is 29.2 Å². The summed E-state index contributed by atoms with van der Waals surface area (Å²) in [4.78, 5) is 7.36. The van der Waals surface area contributed by atoms with Crippen molar-refractivity contribution in [3.8, 4) is 0 Å². The van der Waals surface area contributed by atoms with Crippen LogP contribution in [0.3, 0.4) is 0 Å². The van der Waals surface area contributed by atoms with Crippen molar-refractivity contribution in [3.63, 3.8) is 0 Å². The fourth-order valence-corrected chi connectivity index (χ4v) is 3.57. The van der Waals surface area contributed by atoms with E-state index in [2.05, 4.69) is 71.8 Å². The minimum atomic E-state index is 0. The number of nitrogens with zero attached hydrogens (tertiary/aromatic N) is 3. The van der Waals surface area contributed by atoms with E-state index < -0.39 is 0 Å². The number of benzene rings is 2. The number of morpholine rings is 1. The first-order chi connectivity index (χ1) is 12.7. The van der Waals surface area contributed by atoms with Crippen molar-refractivity contribution in [2.45, 2.75) is 32.9 Å². The van der Waals surface area contributed by atoms with Crippen LogP contribution in [0.5, 0.6) is 0 Å². The van der Waals surface area contributed by atoms with Crippen molar-refractivity contribution >= 4 is 23.4 Å². The molecule has 2 heterocycles. The lowest BCUT2D eigenvalue weighted by Gasteiger charge is -2.26. The highest BCUT2D eigenvalue weighted by molar-refractivity contribution is 5.85. The molecule has 2 aromatic carbocycles. The second-order valence-electron chi connectivity index (χ2n) is 7.39. The Morgan fingerprint density at radius 2 is 1.67 bits per heavy atom. The number of aromatic nitrogens is 2. The third-order valence-corrected chi connectivity index (χ3v) is 5.19. The largest absolute Gasteiger partial charge is 0.379 e. The molecule has 1 saturated heterocycles. The fourth-order valence-electron chi connectivity index (χ4n) is 3.57. The van der Waals surface area contributed by atoms with Crippen LogP contribution in [0.2, 0.25) is 0 Å². The van der Waals surface area contributed by atoms with Crippen LogP contribution in [0.15, 0.2) is 48.5 Å². The molecule has 1 aromatic heterocycles. The van der Waals surface area contributed by atoms with E-state index in [1.165, 1.54) is 16.6 Å². The third kappa shape index (κ3) is 4.52. The summed E-state index contributed by atoms with van der Waals surface area (Å²) in [6.45, 7) is 9.80. The maximum atomic E-state index is 5.48. The Bertz CT molecular complexity index is 867. The SMILES string of the molecule is CC(C)c1ccc(Cn2c(CN3CCOCC3)nc3ccccc32)cc1.Cl. The summed E-state index contributed by atoms with van der Waals surface area (Å²) in [5, 5.41) is 0. The quantitative estimate of drug-likeness (QED) is 0.649. The zero-order chi connectivity index (χ0) is 17.9. The molecule has 27 heavy (non-hydrogen) atoms. The molecule has 1 aliphatic rings.